The lowest BCUT2D eigenvalue weighted by molar-refractivity contribution is 0.151. The highest BCUT2D eigenvalue weighted by Gasteiger charge is 2.06. The minimum absolute atomic E-state index is 0.0264. The van der Waals surface area contributed by atoms with E-state index in [2.05, 4.69) is 10.3 Å². The lowest BCUT2D eigenvalue weighted by atomic mass is 10.1. The molecule has 94 valence electrons. The molecule has 1 heterocycles. The summed E-state index contributed by atoms with van der Waals surface area (Å²) in [5, 5.41) is 2.87. The van der Waals surface area contributed by atoms with Crippen molar-refractivity contribution in [2.45, 2.75) is 13.0 Å². The fourth-order valence-electron chi connectivity index (χ4n) is 1.54. The van der Waals surface area contributed by atoms with Crippen LogP contribution < -0.4 is 5.32 Å². The molecular formula is C13H11F3N2. The molecule has 2 rings (SSSR count). The van der Waals surface area contributed by atoms with Gasteiger partial charge in [-0.1, -0.05) is 24.3 Å². The maximum absolute atomic E-state index is 12.8. The lowest BCUT2D eigenvalue weighted by Gasteiger charge is -2.07. The Morgan fingerprint density at radius 1 is 1.11 bits per heavy atom. The van der Waals surface area contributed by atoms with Crippen LogP contribution in [0.5, 0.6) is 0 Å². The summed E-state index contributed by atoms with van der Waals surface area (Å²) in [5.41, 5.74) is 0.667. The second kappa shape index (κ2) is 5.53. The molecule has 5 heteroatoms. The third-order valence-corrected chi connectivity index (χ3v) is 2.39. The van der Waals surface area contributed by atoms with Gasteiger partial charge in [-0.05, 0) is 23.8 Å². The monoisotopic (exact) mass is 252 g/mol. The largest absolute Gasteiger partial charge is 0.366 e. The maximum Gasteiger partial charge on any atom is 0.263 e. The van der Waals surface area contributed by atoms with Gasteiger partial charge in [0, 0.05) is 12.1 Å². The number of halogens is 3. The van der Waals surface area contributed by atoms with Gasteiger partial charge in [0.2, 0.25) is 5.95 Å². The Morgan fingerprint density at radius 3 is 2.61 bits per heavy atom. The Morgan fingerprint density at radius 2 is 1.89 bits per heavy atom. The summed E-state index contributed by atoms with van der Waals surface area (Å²) >= 11 is 0. The number of pyridine rings is 1. The Kier molecular flexibility index (Phi) is 3.82. The molecule has 0 spiro atoms. The van der Waals surface area contributed by atoms with Crippen molar-refractivity contribution < 1.29 is 13.2 Å². The second-order valence-electron chi connectivity index (χ2n) is 3.74. The Bertz CT molecular complexity index is 529. The van der Waals surface area contributed by atoms with Crippen molar-refractivity contribution in [1.82, 2.24) is 4.98 Å². The molecule has 0 unspecified atom stereocenters. The molecule has 0 aliphatic heterocycles. The van der Waals surface area contributed by atoms with Crippen LogP contribution in [0.2, 0.25) is 0 Å². The van der Waals surface area contributed by atoms with E-state index in [1.54, 1.807) is 18.2 Å². The highest BCUT2D eigenvalue weighted by molar-refractivity contribution is 5.35. The highest BCUT2D eigenvalue weighted by Crippen LogP contribution is 2.19. The van der Waals surface area contributed by atoms with Gasteiger partial charge in [-0.25, -0.2) is 13.8 Å². The quantitative estimate of drug-likeness (QED) is 0.838. The Balaban J connectivity index is 2.04. The number of nitrogens with one attached hydrogen (secondary N) is 1. The summed E-state index contributed by atoms with van der Waals surface area (Å²) in [6.45, 7) is 0.316. The Hall–Kier alpha value is -2.04. The molecule has 1 aromatic carbocycles. The number of benzene rings is 1. The summed E-state index contributed by atoms with van der Waals surface area (Å²) < 4.78 is 37.8. The van der Waals surface area contributed by atoms with Crippen LogP contribution in [-0.4, -0.2) is 4.98 Å². The molecule has 0 fully saturated rings. The van der Waals surface area contributed by atoms with E-state index in [9.17, 15) is 13.2 Å². The normalized spacial score (nSPS) is 10.7. The fraction of sp³-hybridized carbons (Fsp3) is 0.154. The molecular weight excluding hydrogens is 241 g/mol. The van der Waals surface area contributed by atoms with Crippen LogP contribution >= 0.6 is 0 Å². The van der Waals surface area contributed by atoms with E-state index in [1.807, 2.05) is 0 Å². The number of hydrogen-bond donors (Lipinski definition) is 1. The van der Waals surface area contributed by atoms with Crippen LogP contribution in [0.3, 0.4) is 0 Å². The van der Waals surface area contributed by atoms with Gasteiger partial charge in [0.1, 0.15) is 5.82 Å². The first-order valence-corrected chi connectivity index (χ1v) is 5.38. The maximum atomic E-state index is 12.8. The van der Waals surface area contributed by atoms with E-state index in [-0.39, 0.29) is 5.56 Å². The van der Waals surface area contributed by atoms with Crippen LogP contribution in [0.4, 0.5) is 19.0 Å². The summed E-state index contributed by atoms with van der Waals surface area (Å²) in [5.74, 6) is -0.209. The van der Waals surface area contributed by atoms with E-state index in [4.69, 9.17) is 0 Å². The van der Waals surface area contributed by atoms with Crippen molar-refractivity contribution in [3.8, 4) is 0 Å². The molecule has 0 saturated carbocycles. The summed E-state index contributed by atoms with van der Waals surface area (Å²) in [6, 6.07) is 10.4. The number of aromatic nitrogens is 1. The summed E-state index contributed by atoms with van der Waals surface area (Å²) in [7, 11) is 0. The first-order chi connectivity index (χ1) is 8.65. The van der Waals surface area contributed by atoms with Gasteiger partial charge >= 0.3 is 0 Å². The minimum Gasteiger partial charge on any atom is -0.366 e. The zero-order valence-corrected chi connectivity index (χ0v) is 9.41. The van der Waals surface area contributed by atoms with Gasteiger partial charge in [-0.3, -0.25) is 0 Å². The summed E-state index contributed by atoms with van der Waals surface area (Å²) in [6.07, 6.45) is -2.49. The average molecular weight is 252 g/mol. The van der Waals surface area contributed by atoms with E-state index in [0.29, 0.717) is 17.9 Å². The molecule has 0 amide bonds. The van der Waals surface area contributed by atoms with Gasteiger partial charge in [0.25, 0.3) is 6.43 Å². The molecule has 0 bridgehead atoms. The zero-order chi connectivity index (χ0) is 13.0. The van der Waals surface area contributed by atoms with Crippen LogP contribution in [0.1, 0.15) is 17.6 Å². The van der Waals surface area contributed by atoms with Gasteiger partial charge < -0.3 is 5.32 Å². The molecule has 1 N–H and O–H groups in total. The predicted molar refractivity (Wildman–Crippen MR) is 62.9 cm³/mol. The van der Waals surface area contributed by atoms with Crippen LogP contribution in [0, 0.1) is 5.95 Å². The average Bonchev–Trinajstić information content (AvgIpc) is 2.37. The summed E-state index contributed by atoms with van der Waals surface area (Å²) in [4.78, 5) is 3.62. The SMILES string of the molecule is Fc1cccc(NCc2cccc(C(F)F)c2)n1. The van der Waals surface area contributed by atoms with Crippen LogP contribution in [0.15, 0.2) is 42.5 Å². The van der Waals surface area contributed by atoms with Crippen molar-refractivity contribution >= 4 is 5.82 Å². The van der Waals surface area contributed by atoms with E-state index in [1.165, 1.54) is 24.3 Å². The van der Waals surface area contributed by atoms with Gasteiger partial charge in [-0.15, -0.1) is 0 Å². The number of nitrogens with zero attached hydrogens (tertiary/aromatic N) is 1. The van der Waals surface area contributed by atoms with E-state index >= 15 is 0 Å². The third kappa shape index (κ3) is 3.23. The van der Waals surface area contributed by atoms with Crippen molar-refractivity contribution in [1.29, 1.82) is 0 Å². The molecule has 18 heavy (non-hydrogen) atoms. The number of rotatable bonds is 4. The first-order valence-electron chi connectivity index (χ1n) is 5.38. The molecule has 1 aromatic heterocycles. The standard InChI is InChI=1S/C13H11F3N2/c14-11-5-2-6-12(18-11)17-8-9-3-1-4-10(7-9)13(15)16/h1-7,13H,8H2,(H,17,18). The minimum atomic E-state index is -2.49. The number of anilines is 1. The lowest BCUT2D eigenvalue weighted by Crippen LogP contribution is -2.02. The first kappa shape index (κ1) is 12.4. The fourth-order valence-corrected chi connectivity index (χ4v) is 1.54. The van der Waals surface area contributed by atoms with Crippen LogP contribution in [0.25, 0.3) is 0 Å². The van der Waals surface area contributed by atoms with Crippen molar-refractivity contribution in [3.05, 3.63) is 59.5 Å². The topological polar surface area (TPSA) is 24.9 Å². The molecule has 2 nitrogen and oxygen atoms in total. The third-order valence-electron chi connectivity index (χ3n) is 2.39. The van der Waals surface area contributed by atoms with E-state index < -0.39 is 12.4 Å². The van der Waals surface area contributed by atoms with Gasteiger partial charge in [-0.2, -0.15) is 4.39 Å². The second-order valence-corrected chi connectivity index (χ2v) is 3.74. The number of alkyl halides is 2. The van der Waals surface area contributed by atoms with Crippen LogP contribution in [-0.2, 0) is 6.54 Å². The van der Waals surface area contributed by atoms with Gasteiger partial charge in [0.05, 0.1) is 0 Å². The van der Waals surface area contributed by atoms with E-state index in [0.717, 1.165) is 0 Å². The molecule has 0 radical (unpaired) electrons. The molecule has 0 saturated heterocycles. The molecule has 0 atom stereocenters. The van der Waals surface area contributed by atoms with Crippen molar-refractivity contribution in [2.75, 3.05) is 5.32 Å². The Labute approximate surface area is 102 Å². The number of hydrogen-bond acceptors (Lipinski definition) is 2. The predicted octanol–water partition coefficient (Wildman–Crippen LogP) is 3.77. The van der Waals surface area contributed by atoms with Crippen molar-refractivity contribution in [3.63, 3.8) is 0 Å². The molecule has 2 aromatic rings. The zero-order valence-electron chi connectivity index (χ0n) is 9.41. The molecule has 0 aliphatic carbocycles. The highest BCUT2D eigenvalue weighted by atomic mass is 19.3. The smallest absolute Gasteiger partial charge is 0.263 e. The van der Waals surface area contributed by atoms with Crippen molar-refractivity contribution in [2.24, 2.45) is 0 Å². The van der Waals surface area contributed by atoms with Gasteiger partial charge in [0.15, 0.2) is 0 Å². The molecule has 0 aliphatic rings.